The quantitative estimate of drug-likeness (QED) is 0.888. The summed E-state index contributed by atoms with van der Waals surface area (Å²) in [6.07, 6.45) is 2.38. The first kappa shape index (κ1) is 17.7. The summed E-state index contributed by atoms with van der Waals surface area (Å²) in [7, 11) is 0. The minimum atomic E-state index is 0. The van der Waals surface area contributed by atoms with Gasteiger partial charge in [0.2, 0.25) is 0 Å². The van der Waals surface area contributed by atoms with Gasteiger partial charge in [-0.05, 0) is 43.6 Å². The minimum absolute atomic E-state index is 0. The van der Waals surface area contributed by atoms with Crippen molar-refractivity contribution in [2.75, 3.05) is 32.8 Å². The molecule has 1 saturated heterocycles. The fourth-order valence-corrected chi connectivity index (χ4v) is 3.41. The Bertz CT molecular complexity index is 493. The van der Waals surface area contributed by atoms with E-state index in [1.165, 1.54) is 12.0 Å². The van der Waals surface area contributed by atoms with Gasteiger partial charge in [0.15, 0.2) is 11.5 Å². The average molecular weight is 347 g/mol. The molecule has 0 radical (unpaired) electrons. The van der Waals surface area contributed by atoms with Crippen LogP contribution in [-0.2, 0) is 6.54 Å². The molecule has 3 rings (SSSR count). The van der Waals surface area contributed by atoms with Crippen molar-refractivity contribution in [1.29, 1.82) is 0 Å². The fraction of sp³-hybridized carbons (Fsp3) is 0.625. The molecule has 0 aromatic heterocycles. The lowest BCUT2D eigenvalue weighted by Crippen LogP contribution is -2.36. The van der Waals surface area contributed by atoms with Gasteiger partial charge in [-0.3, -0.25) is 4.90 Å². The Morgan fingerprint density at radius 3 is 2.86 bits per heavy atom. The first-order valence-corrected chi connectivity index (χ1v) is 8.18. The van der Waals surface area contributed by atoms with Crippen molar-refractivity contribution < 1.29 is 9.47 Å². The van der Waals surface area contributed by atoms with E-state index in [2.05, 4.69) is 23.2 Å². The van der Waals surface area contributed by atoms with Crippen molar-refractivity contribution >= 4 is 24.0 Å². The van der Waals surface area contributed by atoms with Crippen LogP contribution in [0.15, 0.2) is 12.1 Å². The van der Waals surface area contributed by atoms with Gasteiger partial charge in [-0.2, -0.15) is 0 Å². The van der Waals surface area contributed by atoms with E-state index in [9.17, 15) is 0 Å². The van der Waals surface area contributed by atoms with E-state index >= 15 is 0 Å². The molecule has 0 saturated carbocycles. The van der Waals surface area contributed by atoms with E-state index in [0.29, 0.717) is 30.0 Å². The topological polar surface area (TPSA) is 33.7 Å². The summed E-state index contributed by atoms with van der Waals surface area (Å²) in [5.74, 6) is 1.47. The number of nitrogens with one attached hydrogen (secondary N) is 1. The Balaban J connectivity index is 0.00000176. The van der Waals surface area contributed by atoms with Gasteiger partial charge < -0.3 is 14.8 Å². The smallest absolute Gasteiger partial charge is 0.179 e. The van der Waals surface area contributed by atoms with Crippen molar-refractivity contribution in [3.05, 3.63) is 22.7 Å². The minimum Gasteiger partial charge on any atom is -0.486 e. The van der Waals surface area contributed by atoms with Gasteiger partial charge >= 0.3 is 0 Å². The van der Waals surface area contributed by atoms with Crippen LogP contribution in [0.1, 0.15) is 25.3 Å². The van der Waals surface area contributed by atoms with E-state index in [1.807, 2.05) is 6.07 Å². The summed E-state index contributed by atoms with van der Waals surface area (Å²) >= 11 is 6.33. The summed E-state index contributed by atoms with van der Waals surface area (Å²) in [6, 6.07) is 4.71. The van der Waals surface area contributed by atoms with Crippen LogP contribution in [0.3, 0.4) is 0 Å². The van der Waals surface area contributed by atoms with Gasteiger partial charge in [0.25, 0.3) is 0 Å². The lowest BCUT2D eigenvalue weighted by atomic mass is 10.1. The Morgan fingerprint density at radius 1 is 1.32 bits per heavy atom. The molecule has 0 bridgehead atoms. The second-order valence-electron chi connectivity index (χ2n) is 5.72. The zero-order valence-corrected chi connectivity index (χ0v) is 14.5. The van der Waals surface area contributed by atoms with Crippen LogP contribution in [0.4, 0.5) is 0 Å². The molecule has 1 aromatic rings. The molecule has 124 valence electrons. The number of nitrogens with zero attached hydrogens (tertiary/aromatic N) is 1. The molecule has 22 heavy (non-hydrogen) atoms. The van der Waals surface area contributed by atoms with E-state index in [4.69, 9.17) is 21.1 Å². The molecule has 2 heterocycles. The maximum Gasteiger partial charge on any atom is 0.179 e. The number of benzene rings is 1. The molecule has 2 aliphatic heterocycles. The SMILES string of the molecule is CCCN(Cc1cc(Cl)c2c(c1)OCCO2)C1CCNC1.Cl. The third kappa shape index (κ3) is 3.99. The number of halogens is 2. The van der Waals surface area contributed by atoms with Crippen molar-refractivity contribution in [2.24, 2.45) is 0 Å². The van der Waals surface area contributed by atoms with Gasteiger partial charge in [0.1, 0.15) is 13.2 Å². The van der Waals surface area contributed by atoms with Gasteiger partial charge in [-0.15, -0.1) is 12.4 Å². The highest BCUT2D eigenvalue weighted by Gasteiger charge is 2.23. The van der Waals surface area contributed by atoms with Crippen LogP contribution < -0.4 is 14.8 Å². The maximum atomic E-state index is 6.33. The Hall–Kier alpha value is -0.680. The molecule has 0 aliphatic carbocycles. The second kappa shape index (κ2) is 8.25. The van der Waals surface area contributed by atoms with Crippen LogP contribution in [0.25, 0.3) is 0 Å². The van der Waals surface area contributed by atoms with Crippen molar-refractivity contribution in [2.45, 2.75) is 32.4 Å². The highest BCUT2D eigenvalue weighted by atomic mass is 35.5. The molecule has 6 heteroatoms. The summed E-state index contributed by atoms with van der Waals surface area (Å²) in [5, 5.41) is 4.10. The average Bonchev–Trinajstić information content (AvgIpc) is 3.01. The maximum absolute atomic E-state index is 6.33. The number of rotatable bonds is 5. The summed E-state index contributed by atoms with van der Waals surface area (Å²) < 4.78 is 11.3. The van der Waals surface area contributed by atoms with Crippen molar-refractivity contribution in [3.63, 3.8) is 0 Å². The molecule has 0 amide bonds. The van der Waals surface area contributed by atoms with Crippen LogP contribution in [0, 0.1) is 0 Å². The zero-order valence-electron chi connectivity index (χ0n) is 12.9. The first-order chi connectivity index (χ1) is 10.3. The predicted molar refractivity (Wildman–Crippen MR) is 91.7 cm³/mol. The molecule has 0 spiro atoms. The van der Waals surface area contributed by atoms with Gasteiger partial charge in [0, 0.05) is 19.1 Å². The lowest BCUT2D eigenvalue weighted by Gasteiger charge is -2.29. The third-order valence-electron chi connectivity index (χ3n) is 4.10. The fourth-order valence-electron chi connectivity index (χ4n) is 3.12. The van der Waals surface area contributed by atoms with Gasteiger partial charge in [-0.1, -0.05) is 18.5 Å². The number of hydrogen-bond donors (Lipinski definition) is 1. The molecule has 1 N–H and O–H groups in total. The molecular formula is C16H24Cl2N2O2. The Morgan fingerprint density at radius 2 is 2.14 bits per heavy atom. The molecular weight excluding hydrogens is 323 g/mol. The van der Waals surface area contributed by atoms with Crippen LogP contribution in [0.2, 0.25) is 5.02 Å². The zero-order chi connectivity index (χ0) is 14.7. The number of ether oxygens (including phenoxy) is 2. The van der Waals surface area contributed by atoms with Crippen LogP contribution in [-0.4, -0.2) is 43.8 Å². The monoisotopic (exact) mass is 346 g/mol. The summed E-state index contributed by atoms with van der Waals surface area (Å²) in [5.41, 5.74) is 1.20. The van der Waals surface area contributed by atoms with E-state index in [1.54, 1.807) is 0 Å². The normalized spacial score (nSPS) is 20.0. The number of hydrogen-bond acceptors (Lipinski definition) is 4. The van der Waals surface area contributed by atoms with Crippen molar-refractivity contribution in [1.82, 2.24) is 10.2 Å². The van der Waals surface area contributed by atoms with Crippen LogP contribution in [0.5, 0.6) is 11.5 Å². The summed E-state index contributed by atoms with van der Waals surface area (Å²) in [6.45, 7) is 7.62. The van der Waals surface area contributed by atoms with E-state index in [0.717, 1.165) is 38.3 Å². The second-order valence-corrected chi connectivity index (χ2v) is 6.13. The van der Waals surface area contributed by atoms with E-state index in [-0.39, 0.29) is 12.4 Å². The van der Waals surface area contributed by atoms with Gasteiger partial charge in [-0.25, -0.2) is 0 Å². The van der Waals surface area contributed by atoms with Gasteiger partial charge in [0.05, 0.1) is 5.02 Å². The first-order valence-electron chi connectivity index (χ1n) is 7.80. The molecule has 1 unspecified atom stereocenters. The van der Waals surface area contributed by atoms with Crippen LogP contribution >= 0.6 is 24.0 Å². The molecule has 1 atom stereocenters. The Kier molecular flexibility index (Phi) is 6.63. The molecule has 1 aromatic carbocycles. The Labute approximate surface area is 143 Å². The molecule has 1 fully saturated rings. The predicted octanol–water partition coefficient (Wildman–Crippen LogP) is 3.11. The largest absolute Gasteiger partial charge is 0.486 e. The summed E-state index contributed by atoms with van der Waals surface area (Å²) in [4.78, 5) is 2.54. The molecule has 4 nitrogen and oxygen atoms in total. The molecule has 2 aliphatic rings. The van der Waals surface area contributed by atoms with E-state index < -0.39 is 0 Å². The standard InChI is InChI=1S/C16H23ClN2O2.ClH/c1-2-5-19(13-3-4-18-10-13)11-12-8-14(17)16-15(9-12)20-6-7-21-16;/h8-9,13,18H,2-7,10-11H2,1H3;1H. The lowest BCUT2D eigenvalue weighted by molar-refractivity contribution is 0.170. The van der Waals surface area contributed by atoms with Crippen molar-refractivity contribution in [3.8, 4) is 11.5 Å². The number of fused-ring (bicyclic) bond motifs is 1. The highest BCUT2D eigenvalue weighted by Crippen LogP contribution is 2.38. The third-order valence-corrected chi connectivity index (χ3v) is 4.38. The highest BCUT2D eigenvalue weighted by molar-refractivity contribution is 6.32.